The summed E-state index contributed by atoms with van der Waals surface area (Å²) >= 11 is 1.95. The van der Waals surface area contributed by atoms with E-state index in [1.54, 1.807) is 0 Å². The molecule has 1 aromatic rings. The molecule has 0 spiro atoms. The Kier molecular flexibility index (Phi) is 3.80. The molecule has 3 nitrogen and oxygen atoms in total. The number of piperazine rings is 1. The second kappa shape index (κ2) is 5.55. The van der Waals surface area contributed by atoms with Gasteiger partial charge < -0.3 is 5.32 Å². The summed E-state index contributed by atoms with van der Waals surface area (Å²) in [6.45, 7) is 4.88. The van der Waals surface area contributed by atoms with Crippen molar-refractivity contribution in [1.29, 1.82) is 0 Å². The molecule has 2 aliphatic rings. The van der Waals surface area contributed by atoms with Crippen LogP contribution in [0.15, 0.2) is 29.2 Å². The molecule has 2 atom stereocenters. The van der Waals surface area contributed by atoms with Crippen molar-refractivity contribution in [3.8, 4) is 0 Å². The van der Waals surface area contributed by atoms with Crippen LogP contribution in [-0.4, -0.2) is 42.2 Å². The summed E-state index contributed by atoms with van der Waals surface area (Å²) in [7, 11) is 0. The van der Waals surface area contributed by atoms with E-state index in [0.717, 1.165) is 31.8 Å². The Labute approximate surface area is 118 Å². The van der Waals surface area contributed by atoms with Gasteiger partial charge in [-0.15, -0.1) is 11.8 Å². The molecule has 1 N–H and O–H groups in total. The van der Waals surface area contributed by atoms with Crippen molar-refractivity contribution in [3.63, 3.8) is 0 Å². The highest BCUT2D eigenvalue weighted by Gasteiger charge is 2.32. The van der Waals surface area contributed by atoms with Gasteiger partial charge >= 0.3 is 0 Å². The summed E-state index contributed by atoms with van der Waals surface area (Å²) in [5.74, 6) is 1.92. The van der Waals surface area contributed by atoms with Crippen LogP contribution in [0.3, 0.4) is 0 Å². The topological polar surface area (TPSA) is 32.3 Å². The normalized spacial score (nSPS) is 27.1. The van der Waals surface area contributed by atoms with Gasteiger partial charge in [0, 0.05) is 36.2 Å². The largest absolute Gasteiger partial charge is 0.353 e. The minimum atomic E-state index is 0.0616. The van der Waals surface area contributed by atoms with E-state index in [1.807, 2.05) is 11.8 Å². The molecule has 4 heteroatoms. The maximum atomic E-state index is 11.9. The van der Waals surface area contributed by atoms with Crippen LogP contribution in [0.4, 0.5) is 0 Å². The molecule has 0 saturated carbocycles. The van der Waals surface area contributed by atoms with E-state index in [-0.39, 0.29) is 11.9 Å². The van der Waals surface area contributed by atoms with Gasteiger partial charge in [-0.1, -0.05) is 25.1 Å². The van der Waals surface area contributed by atoms with Crippen LogP contribution in [0.1, 0.15) is 24.8 Å². The Balaban J connectivity index is 1.73. The van der Waals surface area contributed by atoms with Crippen molar-refractivity contribution in [3.05, 3.63) is 29.8 Å². The summed E-state index contributed by atoms with van der Waals surface area (Å²) in [6, 6.07) is 8.74. The number of carbonyl (C=O) groups is 1. The molecule has 0 aliphatic carbocycles. The third kappa shape index (κ3) is 2.51. The molecule has 0 radical (unpaired) electrons. The highest BCUT2D eigenvalue weighted by molar-refractivity contribution is 7.99. The van der Waals surface area contributed by atoms with Crippen LogP contribution >= 0.6 is 11.8 Å². The summed E-state index contributed by atoms with van der Waals surface area (Å²) in [6.07, 6.45) is 0.896. The average Bonchev–Trinajstić information content (AvgIpc) is 2.83. The van der Waals surface area contributed by atoms with Crippen LogP contribution < -0.4 is 5.32 Å². The summed E-state index contributed by atoms with van der Waals surface area (Å²) in [5.41, 5.74) is 1.47. The first-order valence-electron chi connectivity index (χ1n) is 7.03. The minimum Gasteiger partial charge on any atom is -0.353 e. The SMILES string of the molecule is CCC1C(=O)NCCN1CC1CSc2ccccc21. The number of fused-ring (bicyclic) bond motifs is 1. The fourth-order valence-corrected chi connectivity index (χ4v) is 4.33. The first-order valence-corrected chi connectivity index (χ1v) is 8.01. The lowest BCUT2D eigenvalue weighted by Crippen LogP contribution is -2.55. The molecule has 102 valence electrons. The van der Waals surface area contributed by atoms with Gasteiger partial charge in [-0.3, -0.25) is 9.69 Å². The third-order valence-electron chi connectivity index (χ3n) is 4.08. The summed E-state index contributed by atoms with van der Waals surface area (Å²) in [4.78, 5) is 15.7. The van der Waals surface area contributed by atoms with Gasteiger partial charge in [0.05, 0.1) is 6.04 Å². The number of rotatable bonds is 3. The van der Waals surface area contributed by atoms with Crippen molar-refractivity contribution >= 4 is 17.7 Å². The molecule has 2 heterocycles. The molecule has 2 unspecified atom stereocenters. The molecule has 3 rings (SSSR count). The van der Waals surface area contributed by atoms with E-state index in [1.165, 1.54) is 10.5 Å². The molecule has 1 amide bonds. The number of carbonyl (C=O) groups excluding carboxylic acids is 1. The van der Waals surface area contributed by atoms with Gasteiger partial charge in [0.15, 0.2) is 0 Å². The molecular weight excluding hydrogens is 256 g/mol. The maximum absolute atomic E-state index is 11.9. The van der Waals surface area contributed by atoms with Crippen molar-refractivity contribution in [2.45, 2.75) is 30.2 Å². The van der Waals surface area contributed by atoms with E-state index in [2.05, 4.69) is 41.4 Å². The molecular formula is C15H20N2OS. The number of hydrogen-bond donors (Lipinski definition) is 1. The predicted molar refractivity (Wildman–Crippen MR) is 78.6 cm³/mol. The first-order chi connectivity index (χ1) is 9.29. The lowest BCUT2D eigenvalue weighted by Gasteiger charge is -2.36. The minimum absolute atomic E-state index is 0.0616. The quantitative estimate of drug-likeness (QED) is 0.917. The number of nitrogens with zero attached hydrogens (tertiary/aromatic N) is 1. The highest BCUT2D eigenvalue weighted by atomic mass is 32.2. The van der Waals surface area contributed by atoms with E-state index >= 15 is 0 Å². The molecule has 1 aromatic carbocycles. The lowest BCUT2D eigenvalue weighted by atomic mass is 9.99. The van der Waals surface area contributed by atoms with Gasteiger partial charge in [0.25, 0.3) is 0 Å². The highest BCUT2D eigenvalue weighted by Crippen LogP contribution is 2.39. The Morgan fingerprint density at radius 1 is 1.42 bits per heavy atom. The number of amides is 1. The van der Waals surface area contributed by atoms with E-state index in [4.69, 9.17) is 0 Å². The van der Waals surface area contributed by atoms with Gasteiger partial charge in [-0.25, -0.2) is 0 Å². The molecule has 0 bridgehead atoms. The van der Waals surface area contributed by atoms with Crippen LogP contribution in [-0.2, 0) is 4.79 Å². The Bertz CT molecular complexity index is 477. The molecule has 1 fully saturated rings. The Morgan fingerprint density at radius 3 is 3.11 bits per heavy atom. The number of benzene rings is 1. The average molecular weight is 276 g/mol. The standard InChI is InChI=1S/C15H20N2OS/c1-2-13-15(18)16-7-8-17(13)9-11-10-19-14-6-4-3-5-12(11)14/h3-6,11,13H,2,7-10H2,1H3,(H,16,18). The first kappa shape index (κ1) is 13.0. The van der Waals surface area contributed by atoms with Crippen molar-refractivity contribution in [1.82, 2.24) is 10.2 Å². The van der Waals surface area contributed by atoms with E-state index in [9.17, 15) is 4.79 Å². The van der Waals surface area contributed by atoms with Gasteiger partial charge in [-0.2, -0.15) is 0 Å². The number of thioether (sulfide) groups is 1. The number of nitrogens with one attached hydrogen (secondary N) is 1. The number of hydrogen-bond acceptors (Lipinski definition) is 3. The van der Waals surface area contributed by atoms with E-state index in [0.29, 0.717) is 5.92 Å². The van der Waals surface area contributed by atoms with Crippen LogP contribution in [0.5, 0.6) is 0 Å². The van der Waals surface area contributed by atoms with Crippen molar-refractivity contribution in [2.75, 3.05) is 25.4 Å². The second-order valence-electron chi connectivity index (χ2n) is 5.26. The van der Waals surface area contributed by atoms with E-state index < -0.39 is 0 Å². The van der Waals surface area contributed by atoms with Crippen LogP contribution in [0, 0.1) is 0 Å². The lowest BCUT2D eigenvalue weighted by molar-refractivity contribution is -0.129. The summed E-state index contributed by atoms with van der Waals surface area (Å²) in [5, 5.41) is 2.97. The third-order valence-corrected chi connectivity index (χ3v) is 5.33. The maximum Gasteiger partial charge on any atom is 0.237 e. The monoisotopic (exact) mass is 276 g/mol. The Hall–Kier alpha value is -1.00. The predicted octanol–water partition coefficient (Wildman–Crippen LogP) is 2.09. The zero-order valence-corrected chi connectivity index (χ0v) is 12.1. The molecule has 19 heavy (non-hydrogen) atoms. The summed E-state index contributed by atoms with van der Waals surface area (Å²) < 4.78 is 0. The smallest absolute Gasteiger partial charge is 0.237 e. The van der Waals surface area contributed by atoms with Crippen molar-refractivity contribution < 1.29 is 4.79 Å². The van der Waals surface area contributed by atoms with Gasteiger partial charge in [0.2, 0.25) is 5.91 Å². The van der Waals surface area contributed by atoms with Crippen LogP contribution in [0.2, 0.25) is 0 Å². The molecule has 1 saturated heterocycles. The Morgan fingerprint density at radius 2 is 2.26 bits per heavy atom. The van der Waals surface area contributed by atoms with Crippen molar-refractivity contribution in [2.24, 2.45) is 0 Å². The molecule has 0 aromatic heterocycles. The second-order valence-corrected chi connectivity index (χ2v) is 6.32. The van der Waals surface area contributed by atoms with Crippen LogP contribution in [0.25, 0.3) is 0 Å². The zero-order valence-electron chi connectivity index (χ0n) is 11.3. The molecule has 2 aliphatic heterocycles. The van der Waals surface area contributed by atoms with Gasteiger partial charge in [-0.05, 0) is 18.1 Å². The van der Waals surface area contributed by atoms with Gasteiger partial charge in [0.1, 0.15) is 0 Å². The fraction of sp³-hybridized carbons (Fsp3) is 0.533. The zero-order chi connectivity index (χ0) is 13.2. The fourth-order valence-electron chi connectivity index (χ4n) is 3.09.